The summed E-state index contributed by atoms with van der Waals surface area (Å²) in [5.74, 6) is 7.00. The Labute approximate surface area is 175 Å². The molecule has 0 saturated carbocycles. The number of nitrogens with zero attached hydrogens (tertiary/aromatic N) is 3. The van der Waals surface area contributed by atoms with Crippen LogP contribution in [0.25, 0.3) is 11.4 Å². The molecule has 0 aliphatic rings. The molecule has 0 spiro atoms. The molecular formula is C22H27N5OS. The third-order valence-electron chi connectivity index (χ3n) is 4.80. The quantitative estimate of drug-likeness (QED) is 0.462. The molecule has 1 amide bonds. The van der Waals surface area contributed by atoms with Crippen molar-refractivity contribution >= 4 is 23.4 Å². The highest BCUT2D eigenvalue weighted by molar-refractivity contribution is 8.00. The highest BCUT2D eigenvalue weighted by atomic mass is 32.2. The summed E-state index contributed by atoms with van der Waals surface area (Å²) in [5.41, 5.74) is 5.10. The van der Waals surface area contributed by atoms with Crippen LogP contribution in [0.3, 0.4) is 0 Å². The number of amides is 1. The van der Waals surface area contributed by atoms with Crippen LogP contribution in [0.15, 0.2) is 47.6 Å². The van der Waals surface area contributed by atoms with E-state index in [4.69, 9.17) is 5.84 Å². The molecule has 1 heterocycles. The lowest BCUT2D eigenvalue weighted by Gasteiger charge is -2.18. The molecule has 3 N–H and O–H groups in total. The Morgan fingerprint density at radius 2 is 1.76 bits per heavy atom. The molecule has 2 aromatic carbocycles. The van der Waals surface area contributed by atoms with E-state index in [0.29, 0.717) is 16.9 Å². The van der Waals surface area contributed by atoms with E-state index >= 15 is 0 Å². The van der Waals surface area contributed by atoms with Crippen LogP contribution >= 0.6 is 11.8 Å². The fourth-order valence-corrected chi connectivity index (χ4v) is 3.81. The third-order valence-corrected chi connectivity index (χ3v) is 5.86. The van der Waals surface area contributed by atoms with Crippen LogP contribution in [0.4, 0.5) is 5.69 Å². The SMILES string of the molecule is Cc1ccc(-c2nnc(SC(C)C(=O)Nc3c(C)cccc3C(C)C)n2N)cc1. The number of hydrogen-bond donors (Lipinski definition) is 2. The van der Waals surface area contributed by atoms with E-state index in [1.54, 1.807) is 0 Å². The molecule has 0 radical (unpaired) electrons. The van der Waals surface area contributed by atoms with Crippen molar-refractivity contribution in [3.8, 4) is 11.4 Å². The molecule has 152 valence electrons. The first-order valence-electron chi connectivity index (χ1n) is 9.62. The Morgan fingerprint density at radius 1 is 1.07 bits per heavy atom. The van der Waals surface area contributed by atoms with Crippen molar-refractivity contribution in [2.75, 3.05) is 11.2 Å². The second-order valence-corrected chi connectivity index (χ2v) is 8.79. The van der Waals surface area contributed by atoms with Gasteiger partial charge in [0, 0.05) is 11.3 Å². The van der Waals surface area contributed by atoms with Crippen molar-refractivity contribution in [2.24, 2.45) is 0 Å². The van der Waals surface area contributed by atoms with Gasteiger partial charge in [-0.25, -0.2) is 4.68 Å². The van der Waals surface area contributed by atoms with Crippen molar-refractivity contribution < 1.29 is 4.79 Å². The number of benzene rings is 2. The van der Waals surface area contributed by atoms with Crippen molar-refractivity contribution in [1.29, 1.82) is 0 Å². The minimum Gasteiger partial charge on any atom is -0.335 e. The number of thioether (sulfide) groups is 1. The number of carbonyl (C=O) groups is 1. The first-order chi connectivity index (χ1) is 13.8. The van der Waals surface area contributed by atoms with Crippen molar-refractivity contribution in [3.05, 3.63) is 59.2 Å². The second-order valence-electron chi connectivity index (χ2n) is 7.49. The van der Waals surface area contributed by atoms with Gasteiger partial charge in [0.2, 0.25) is 11.1 Å². The summed E-state index contributed by atoms with van der Waals surface area (Å²) in [6.07, 6.45) is 0. The molecule has 1 atom stereocenters. The molecule has 0 aliphatic heterocycles. The van der Waals surface area contributed by atoms with E-state index in [0.717, 1.165) is 27.9 Å². The van der Waals surface area contributed by atoms with Gasteiger partial charge in [-0.3, -0.25) is 4.79 Å². The van der Waals surface area contributed by atoms with E-state index in [-0.39, 0.29) is 11.2 Å². The van der Waals surface area contributed by atoms with E-state index in [9.17, 15) is 4.79 Å². The Bertz CT molecular complexity index is 1010. The minimum atomic E-state index is -0.382. The van der Waals surface area contributed by atoms with E-state index in [2.05, 4.69) is 35.4 Å². The fraction of sp³-hybridized carbons (Fsp3) is 0.318. The molecule has 1 unspecified atom stereocenters. The van der Waals surface area contributed by atoms with E-state index < -0.39 is 0 Å². The molecule has 3 rings (SSSR count). The normalized spacial score (nSPS) is 12.2. The Morgan fingerprint density at radius 3 is 2.41 bits per heavy atom. The molecule has 6 nitrogen and oxygen atoms in total. The highest BCUT2D eigenvalue weighted by Gasteiger charge is 2.21. The first kappa shape index (κ1) is 20.9. The van der Waals surface area contributed by atoms with Gasteiger partial charge in [-0.05, 0) is 37.8 Å². The standard InChI is InChI=1S/C22H27N5OS/c1-13(2)18-8-6-7-15(4)19(18)24-21(28)16(5)29-22-26-25-20(27(22)23)17-11-9-14(3)10-12-17/h6-13,16H,23H2,1-5H3,(H,24,28). The maximum Gasteiger partial charge on any atom is 0.237 e. The number of para-hydroxylation sites is 1. The maximum atomic E-state index is 12.8. The number of nitrogen functional groups attached to an aromatic ring is 1. The number of nitrogens with one attached hydrogen (secondary N) is 1. The Hall–Kier alpha value is -2.80. The predicted molar refractivity (Wildman–Crippen MR) is 120 cm³/mol. The topological polar surface area (TPSA) is 85.8 Å². The molecule has 0 fully saturated rings. The molecule has 29 heavy (non-hydrogen) atoms. The van der Waals surface area contributed by atoms with Gasteiger partial charge < -0.3 is 11.2 Å². The summed E-state index contributed by atoms with van der Waals surface area (Å²) in [6, 6.07) is 14.0. The summed E-state index contributed by atoms with van der Waals surface area (Å²) in [5, 5.41) is 11.6. The number of hydrogen-bond acceptors (Lipinski definition) is 5. The first-order valence-corrected chi connectivity index (χ1v) is 10.5. The van der Waals surface area contributed by atoms with Crippen molar-refractivity contribution in [2.45, 2.75) is 50.9 Å². The Kier molecular flexibility index (Phi) is 6.27. The third kappa shape index (κ3) is 4.62. The number of rotatable bonds is 6. The number of aryl methyl sites for hydroxylation is 2. The fourth-order valence-electron chi connectivity index (χ4n) is 3.04. The number of carbonyl (C=O) groups excluding carboxylic acids is 1. The van der Waals surface area contributed by atoms with Gasteiger partial charge in [0.1, 0.15) is 0 Å². The average Bonchev–Trinajstić information content (AvgIpc) is 3.04. The molecule has 0 saturated heterocycles. The second kappa shape index (κ2) is 8.69. The molecule has 1 aromatic heterocycles. The van der Waals surface area contributed by atoms with Crippen LogP contribution < -0.4 is 11.2 Å². The monoisotopic (exact) mass is 409 g/mol. The van der Waals surface area contributed by atoms with Crippen LogP contribution in [-0.2, 0) is 4.79 Å². The van der Waals surface area contributed by atoms with Gasteiger partial charge in [0.25, 0.3) is 0 Å². The smallest absolute Gasteiger partial charge is 0.237 e. The summed E-state index contributed by atoms with van der Waals surface area (Å²) < 4.78 is 1.44. The zero-order chi connectivity index (χ0) is 21.1. The number of nitrogens with two attached hydrogens (primary N) is 1. The lowest BCUT2D eigenvalue weighted by atomic mass is 9.98. The van der Waals surface area contributed by atoms with Gasteiger partial charge in [-0.15, -0.1) is 10.2 Å². The lowest BCUT2D eigenvalue weighted by molar-refractivity contribution is -0.115. The van der Waals surface area contributed by atoms with Gasteiger partial charge in [-0.2, -0.15) is 0 Å². The largest absolute Gasteiger partial charge is 0.335 e. The summed E-state index contributed by atoms with van der Waals surface area (Å²) in [4.78, 5) is 12.8. The van der Waals surface area contributed by atoms with Crippen LogP contribution in [-0.4, -0.2) is 26.0 Å². The Balaban J connectivity index is 1.75. The van der Waals surface area contributed by atoms with Crippen LogP contribution in [0, 0.1) is 13.8 Å². The van der Waals surface area contributed by atoms with Gasteiger partial charge in [0.15, 0.2) is 5.82 Å². The van der Waals surface area contributed by atoms with Gasteiger partial charge in [0.05, 0.1) is 5.25 Å². The number of aromatic nitrogens is 3. The zero-order valence-corrected chi connectivity index (χ0v) is 18.2. The van der Waals surface area contributed by atoms with E-state index in [1.807, 2.05) is 57.2 Å². The van der Waals surface area contributed by atoms with Crippen molar-refractivity contribution in [3.63, 3.8) is 0 Å². The summed E-state index contributed by atoms with van der Waals surface area (Å²) >= 11 is 1.29. The van der Waals surface area contributed by atoms with Crippen LogP contribution in [0.2, 0.25) is 0 Å². The van der Waals surface area contributed by atoms with Crippen LogP contribution in [0.5, 0.6) is 0 Å². The minimum absolute atomic E-state index is 0.0916. The van der Waals surface area contributed by atoms with Gasteiger partial charge in [-0.1, -0.05) is 73.6 Å². The summed E-state index contributed by atoms with van der Waals surface area (Å²) in [6.45, 7) is 10.1. The van der Waals surface area contributed by atoms with Gasteiger partial charge >= 0.3 is 0 Å². The molecule has 7 heteroatoms. The maximum absolute atomic E-state index is 12.8. The van der Waals surface area contributed by atoms with E-state index in [1.165, 1.54) is 16.4 Å². The van der Waals surface area contributed by atoms with Crippen molar-refractivity contribution in [1.82, 2.24) is 14.9 Å². The molecular weight excluding hydrogens is 382 g/mol. The van der Waals surface area contributed by atoms with Crippen LogP contribution in [0.1, 0.15) is 43.4 Å². The summed E-state index contributed by atoms with van der Waals surface area (Å²) in [7, 11) is 0. The zero-order valence-electron chi connectivity index (χ0n) is 17.4. The molecule has 0 bridgehead atoms. The number of anilines is 1. The highest BCUT2D eigenvalue weighted by Crippen LogP contribution is 2.30. The average molecular weight is 410 g/mol. The molecule has 3 aromatic rings. The predicted octanol–water partition coefficient (Wildman–Crippen LogP) is 4.52. The molecule has 0 aliphatic carbocycles. The lowest BCUT2D eigenvalue weighted by Crippen LogP contribution is -2.25.